The number of carbonyl (C=O) groups is 3. The molecule has 0 aromatic heterocycles. The molecule has 4 aliphatic carbocycles. The number of hydrogen-bond donors (Lipinski definition) is 1. The summed E-state index contributed by atoms with van der Waals surface area (Å²) < 4.78 is 58.3. The highest BCUT2D eigenvalue weighted by atomic mass is 32.2. The monoisotopic (exact) mass is 556 g/mol. The van der Waals surface area contributed by atoms with E-state index in [4.69, 9.17) is 9.47 Å². The molecular weight excluding hydrogens is 521 g/mol. The van der Waals surface area contributed by atoms with Gasteiger partial charge in [-0.1, -0.05) is 26.8 Å². The van der Waals surface area contributed by atoms with Gasteiger partial charge in [-0.05, 0) is 73.9 Å². The first-order valence-corrected chi connectivity index (χ1v) is 14.3. The molecule has 0 unspecified atom stereocenters. The maximum absolute atomic E-state index is 17.4. The Morgan fingerprint density at radius 2 is 1.95 bits per heavy atom. The first-order chi connectivity index (χ1) is 17.8. The van der Waals surface area contributed by atoms with Gasteiger partial charge >= 0.3 is 5.97 Å². The Morgan fingerprint density at radius 1 is 1.24 bits per heavy atom. The second-order valence-electron chi connectivity index (χ2n) is 12.3. The third-order valence-corrected chi connectivity index (χ3v) is 11.2. The number of aliphatic hydroxyl groups is 1. The van der Waals surface area contributed by atoms with Crippen molar-refractivity contribution in [2.45, 2.75) is 83.0 Å². The van der Waals surface area contributed by atoms with Crippen LogP contribution in [-0.2, 0) is 23.9 Å². The van der Waals surface area contributed by atoms with Crippen LogP contribution >= 0.6 is 11.8 Å². The van der Waals surface area contributed by atoms with Gasteiger partial charge in [0.2, 0.25) is 5.12 Å². The number of ether oxygens (including phenoxy) is 2. The van der Waals surface area contributed by atoms with Gasteiger partial charge in [-0.15, -0.1) is 0 Å². The number of carbonyl (C=O) groups excluding carboxylic acids is 3. The topological polar surface area (TPSA) is 89.9 Å². The summed E-state index contributed by atoms with van der Waals surface area (Å²) in [6.07, 6.45) is -0.201. The Balaban J connectivity index is 1.61. The summed E-state index contributed by atoms with van der Waals surface area (Å²) in [4.78, 5) is 39.1. The molecule has 5 rings (SSSR count). The van der Waals surface area contributed by atoms with E-state index < -0.39 is 81.1 Å². The number of thioether (sulfide) groups is 1. The highest BCUT2D eigenvalue weighted by Crippen LogP contribution is 2.72. The van der Waals surface area contributed by atoms with Crippen molar-refractivity contribution >= 4 is 28.6 Å². The third kappa shape index (κ3) is 3.44. The molecule has 5 aliphatic rings. The second kappa shape index (κ2) is 9.20. The molecule has 210 valence electrons. The molecule has 6 nitrogen and oxygen atoms in total. The van der Waals surface area contributed by atoms with Gasteiger partial charge in [0.1, 0.15) is 12.2 Å². The summed E-state index contributed by atoms with van der Waals surface area (Å²) in [5.74, 6) is -3.66. The van der Waals surface area contributed by atoms with Crippen molar-refractivity contribution in [1.82, 2.24) is 0 Å². The van der Waals surface area contributed by atoms with Crippen LogP contribution in [0.3, 0.4) is 0 Å². The van der Waals surface area contributed by atoms with Gasteiger partial charge in [0.25, 0.3) is 0 Å². The van der Waals surface area contributed by atoms with Crippen molar-refractivity contribution < 1.29 is 42.1 Å². The van der Waals surface area contributed by atoms with Crippen molar-refractivity contribution in [3.8, 4) is 0 Å². The molecule has 0 amide bonds. The van der Waals surface area contributed by atoms with Crippen LogP contribution < -0.4 is 0 Å². The first kappa shape index (κ1) is 27.9. The fourth-order valence-electron chi connectivity index (χ4n) is 8.59. The predicted octanol–water partition coefficient (Wildman–Crippen LogP) is 4.45. The molecule has 4 fully saturated rings. The van der Waals surface area contributed by atoms with Crippen LogP contribution in [-0.4, -0.2) is 64.2 Å². The van der Waals surface area contributed by atoms with Crippen molar-refractivity contribution in [2.75, 3.05) is 12.6 Å². The lowest BCUT2D eigenvalue weighted by Gasteiger charge is -2.63. The fraction of sp³-hybridized carbons (Fsp3) is 0.750. The second-order valence-corrected chi connectivity index (χ2v) is 13.1. The average molecular weight is 557 g/mol. The smallest absolute Gasteiger partial charge is 0.336 e. The molecule has 0 radical (unpaired) electrons. The van der Waals surface area contributed by atoms with E-state index in [9.17, 15) is 23.9 Å². The van der Waals surface area contributed by atoms with Crippen molar-refractivity contribution in [3.63, 3.8) is 0 Å². The molecule has 38 heavy (non-hydrogen) atoms. The number of halogens is 3. The van der Waals surface area contributed by atoms with Crippen LogP contribution in [0.15, 0.2) is 23.8 Å². The Bertz CT molecular complexity index is 1110. The molecule has 1 heterocycles. The van der Waals surface area contributed by atoms with Gasteiger partial charge in [0, 0.05) is 29.3 Å². The summed E-state index contributed by atoms with van der Waals surface area (Å²) >= 11 is 0.388. The zero-order valence-electron chi connectivity index (χ0n) is 22.0. The first-order valence-electron chi connectivity index (χ1n) is 13.3. The van der Waals surface area contributed by atoms with E-state index in [2.05, 4.69) is 0 Å². The fourth-order valence-corrected chi connectivity index (χ4v) is 9.38. The number of ketones is 1. The van der Waals surface area contributed by atoms with E-state index in [-0.39, 0.29) is 30.8 Å². The molecule has 0 bridgehead atoms. The minimum absolute atomic E-state index is 0.00608. The normalized spacial score (nSPS) is 49.6. The van der Waals surface area contributed by atoms with Crippen LogP contribution in [0.25, 0.3) is 0 Å². The van der Waals surface area contributed by atoms with Gasteiger partial charge in [-0.2, -0.15) is 0 Å². The summed E-state index contributed by atoms with van der Waals surface area (Å²) in [6, 6.07) is -1.04. The lowest BCUT2D eigenvalue weighted by atomic mass is 9.44. The molecule has 1 saturated heterocycles. The number of hydrogen-bond acceptors (Lipinski definition) is 7. The minimum Gasteiger partial charge on any atom is -0.447 e. The average Bonchev–Trinajstić information content (AvgIpc) is 3.37. The van der Waals surface area contributed by atoms with Gasteiger partial charge in [0.15, 0.2) is 23.2 Å². The Kier molecular flexibility index (Phi) is 6.75. The largest absolute Gasteiger partial charge is 0.447 e. The van der Waals surface area contributed by atoms with E-state index in [0.717, 1.165) is 6.08 Å². The maximum atomic E-state index is 17.4. The van der Waals surface area contributed by atoms with E-state index in [1.165, 1.54) is 19.1 Å². The van der Waals surface area contributed by atoms with Crippen LogP contribution in [0.2, 0.25) is 0 Å². The molecule has 0 aromatic rings. The zero-order chi connectivity index (χ0) is 27.8. The number of alkyl halides is 3. The number of aliphatic hydroxyl groups excluding tert-OH is 1. The molecule has 0 spiro atoms. The molecule has 10 heteroatoms. The molecule has 0 aromatic carbocycles. The predicted molar refractivity (Wildman–Crippen MR) is 134 cm³/mol. The minimum atomic E-state index is -2.33. The SMILES string of the molecule is C[C@@H]1C[C@H]2[C@@H]3C[C@H](F)C4=CC(=O)C=C[C@]4(C)[C@@]3(F)[C@@H](O)C[C@]2(C)[C@@]1(OC(=O)[C@@H]1OCC[C@@H]1C)C(=O)SCF. The number of fused-ring (bicyclic) bond motifs is 5. The number of rotatable bonds is 4. The highest BCUT2D eigenvalue weighted by Gasteiger charge is 2.78. The van der Waals surface area contributed by atoms with Crippen LogP contribution in [0.5, 0.6) is 0 Å². The van der Waals surface area contributed by atoms with Crippen molar-refractivity contribution in [2.24, 2.45) is 34.5 Å². The maximum Gasteiger partial charge on any atom is 0.336 e. The van der Waals surface area contributed by atoms with Crippen LogP contribution in [0, 0.1) is 34.5 Å². The lowest BCUT2D eigenvalue weighted by Crippen LogP contribution is -2.71. The molecule has 1 N–H and O–H groups in total. The Morgan fingerprint density at radius 3 is 2.58 bits per heavy atom. The van der Waals surface area contributed by atoms with E-state index in [0.29, 0.717) is 24.8 Å². The van der Waals surface area contributed by atoms with Gasteiger partial charge in [0.05, 0.1) is 6.10 Å². The lowest BCUT2D eigenvalue weighted by molar-refractivity contribution is -0.231. The third-order valence-electron chi connectivity index (χ3n) is 10.5. The summed E-state index contributed by atoms with van der Waals surface area (Å²) in [7, 11) is 0. The van der Waals surface area contributed by atoms with Crippen LogP contribution in [0.4, 0.5) is 13.2 Å². The standard InChI is InChI=1S/C28H35F3O6S/c1-14-6-8-36-22(14)23(34)37-28(24(35)38-13-29)15(2)9-17-18-11-20(30)19-10-16(32)5-7-25(19,3)27(18,31)21(33)12-26(17,28)4/h5,7,10,14-15,17-18,20-22,33H,6,8-9,11-13H2,1-4H3/t14-,15+,17-,18-,20-,21-,22+,25-,26-,27-,28-/m0/s1. The van der Waals surface area contributed by atoms with E-state index >= 15 is 8.78 Å². The van der Waals surface area contributed by atoms with Gasteiger partial charge in [-0.3, -0.25) is 9.59 Å². The molecule has 3 saturated carbocycles. The van der Waals surface area contributed by atoms with Gasteiger partial charge in [-0.25, -0.2) is 18.0 Å². The summed E-state index contributed by atoms with van der Waals surface area (Å²) in [5, 5.41) is 10.9. The Hall–Kier alpha value is -1.65. The quantitative estimate of drug-likeness (QED) is 0.512. The highest BCUT2D eigenvalue weighted by molar-refractivity contribution is 8.13. The van der Waals surface area contributed by atoms with Crippen molar-refractivity contribution in [1.29, 1.82) is 0 Å². The zero-order valence-corrected chi connectivity index (χ0v) is 22.9. The molecule has 11 atom stereocenters. The van der Waals surface area contributed by atoms with Crippen LogP contribution in [0.1, 0.15) is 53.4 Å². The van der Waals surface area contributed by atoms with E-state index in [1.54, 1.807) is 13.8 Å². The van der Waals surface area contributed by atoms with Gasteiger partial charge < -0.3 is 14.6 Å². The van der Waals surface area contributed by atoms with Crippen molar-refractivity contribution in [3.05, 3.63) is 23.8 Å². The molecule has 1 aliphatic heterocycles. The van der Waals surface area contributed by atoms with E-state index in [1.807, 2.05) is 6.92 Å². The number of allylic oxidation sites excluding steroid dienone is 4. The summed E-state index contributed by atoms with van der Waals surface area (Å²) in [6.45, 7) is 7.09. The summed E-state index contributed by atoms with van der Waals surface area (Å²) in [5.41, 5.74) is -7.05. The molecular formula is C28H35F3O6S. The number of esters is 1. The Labute approximate surface area is 224 Å².